The van der Waals surface area contributed by atoms with Crippen LogP contribution in [0.5, 0.6) is 0 Å². The number of hydrogen-bond donors (Lipinski definition) is 0. The van der Waals surface area contributed by atoms with Gasteiger partial charge in [-0.05, 0) is 68.7 Å². The molecule has 0 N–H and O–H groups in total. The zero-order valence-electron chi connectivity index (χ0n) is 56.9. The van der Waals surface area contributed by atoms with E-state index in [2.05, 4.69) is 16.4 Å². The SMILES string of the molecule is COCCOCCOCCOCC[N+]1=C(/C=C/C=C2/N(CCOCCOCCOCCOCCC(=O)ON3C(=O)CCC3=O)c3ccc(S(=O)(=O)OC)cc3C2(C)CCOCCOCCOCCOC)C(C)(CCOCCOCCOCCOC)c2cc(S(=O)(=O)OC)ccc21. The fourth-order valence-corrected chi connectivity index (χ4v) is 11.8. The van der Waals surface area contributed by atoms with Crippen molar-refractivity contribution in [3.63, 3.8) is 0 Å². The number of anilines is 1. The number of benzene rings is 2. The average Bonchev–Trinajstić information content (AvgIpc) is 1.58. The van der Waals surface area contributed by atoms with Crippen LogP contribution in [0.1, 0.15) is 57.1 Å². The third-order valence-corrected chi connectivity index (χ3v) is 18.2. The van der Waals surface area contributed by atoms with Gasteiger partial charge in [-0.1, -0.05) is 6.08 Å². The van der Waals surface area contributed by atoms with Gasteiger partial charge in [0.25, 0.3) is 32.1 Å². The first-order valence-corrected chi connectivity index (χ1v) is 35.1. The smallest absolute Gasteiger partial charge is 0.335 e. The molecule has 544 valence electrons. The molecular formula is C65H102N3O26S2+. The minimum Gasteiger partial charge on any atom is -0.382 e. The summed E-state index contributed by atoms with van der Waals surface area (Å²) in [5.74, 6) is -1.85. The van der Waals surface area contributed by atoms with Crippen molar-refractivity contribution in [1.29, 1.82) is 0 Å². The van der Waals surface area contributed by atoms with Crippen molar-refractivity contribution in [3.05, 3.63) is 71.5 Å². The van der Waals surface area contributed by atoms with Crippen LogP contribution >= 0.6 is 0 Å². The third-order valence-electron chi connectivity index (χ3n) is 15.6. The Labute approximate surface area is 565 Å². The number of ether oxygens (including phenoxy) is 16. The summed E-state index contributed by atoms with van der Waals surface area (Å²) in [6.07, 6.45) is 6.68. The fourth-order valence-electron chi connectivity index (χ4n) is 10.4. The van der Waals surface area contributed by atoms with Crippen LogP contribution in [0.3, 0.4) is 0 Å². The van der Waals surface area contributed by atoms with Gasteiger partial charge in [-0.25, -0.2) is 4.79 Å². The molecule has 0 bridgehead atoms. The molecule has 29 nitrogen and oxygen atoms in total. The Bertz CT molecular complexity index is 2940. The van der Waals surface area contributed by atoms with Gasteiger partial charge in [0.15, 0.2) is 12.3 Å². The molecule has 5 rings (SSSR count). The van der Waals surface area contributed by atoms with Crippen LogP contribution in [0.4, 0.5) is 11.4 Å². The standard InChI is InChI=1S/C65H102N3O26S2/c1-64(18-23-82-34-39-90-46-43-86-30-27-76-3)55-51-53(95(72,73)79-6)11-13-57(55)66(20-25-84-36-41-92-48-45-88-32-29-78-5)59(64)9-8-10-60-65(2,19-24-83-35-40-91-47-44-87-31-28-77-4)56-52-54(96(74,75)80-7)12-14-58(56)67(60)21-26-85-37-42-93-50-49-89-38-33-81-22-17-63(71)94-68-61(69)15-16-62(68)70/h8-14,51-52H,15-50H2,1-7H3/q+1. The zero-order chi connectivity index (χ0) is 69.3. The number of hydrogen-bond acceptors (Lipinski definition) is 27. The minimum absolute atomic E-state index is 0.00787. The van der Waals surface area contributed by atoms with Gasteiger partial charge in [-0.3, -0.25) is 18.0 Å². The van der Waals surface area contributed by atoms with Crippen molar-refractivity contribution in [2.24, 2.45) is 0 Å². The predicted molar refractivity (Wildman–Crippen MR) is 348 cm³/mol. The number of amides is 2. The maximum absolute atomic E-state index is 13.4. The maximum Gasteiger partial charge on any atom is 0.335 e. The highest BCUT2D eigenvalue weighted by atomic mass is 32.2. The molecule has 3 heterocycles. The van der Waals surface area contributed by atoms with Crippen LogP contribution in [0.2, 0.25) is 0 Å². The van der Waals surface area contributed by atoms with Crippen molar-refractivity contribution in [2.45, 2.75) is 66.6 Å². The fraction of sp³-hybridized carbons (Fsp3) is 0.692. The summed E-state index contributed by atoms with van der Waals surface area (Å²) in [7, 11) is -1.18. The lowest BCUT2D eigenvalue weighted by molar-refractivity contribution is -0.442. The Morgan fingerprint density at radius 1 is 0.479 bits per heavy atom. The highest BCUT2D eigenvalue weighted by Gasteiger charge is 2.49. The lowest BCUT2D eigenvalue weighted by atomic mass is 9.76. The van der Waals surface area contributed by atoms with Gasteiger partial charge < -0.3 is 85.5 Å². The molecule has 96 heavy (non-hydrogen) atoms. The van der Waals surface area contributed by atoms with Gasteiger partial charge in [0.2, 0.25) is 5.69 Å². The van der Waals surface area contributed by atoms with Gasteiger partial charge in [-0.15, -0.1) is 5.06 Å². The minimum atomic E-state index is -4.14. The number of hydroxylamine groups is 2. The second-order valence-electron chi connectivity index (χ2n) is 22.1. The lowest BCUT2D eigenvalue weighted by Crippen LogP contribution is -2.34. The highest BCUT2D eigenvalue weighted by Crippen LogP contribution is 2.51. The van der Waals surface area contributed by atoms with E-state index in [0.29, 0.717) is 143 Å². The largest absolute Gasteiger partial charge is 0.382 e. The molecule has 2 unspecified atom stereocenters. The molecule has 0 radical (unpaired) electrons. The summed E-state index contributed by atoms with van der Waals surface area (Å²) in [6.45, 7) is 14.4. The number of rotatable bonds is 58. The van der Waals surface area contributed by atoms with Gasteiger partial charge in [0.1, 0.15) is 6.61 Å². The summed E-state index contributed by atoms with van der Waals surface area (Å²) in [5.41, 5.74) is 2.86. The van der Waals surface area contributed by atoms with Crippen molar-refractivity contribution < 1.29 is 125 Å². The number of fused-ring (bicyclic) bond motifs is 2. The van der Waals surface area contributed by atoms with Crippen molar-refractivity contribution in [3.8, 4) is 0 Å². The highest BCUT2D eigenvalue weighted by molar-refractivity contribution is 7.87. The summed E-state index contributed by atoms with van der Waals surface area (Å²) in [5, 5.41) is 0.500. The number of nitrogens with zero attached hydrogens (tertiary/aromatic N) is 3. The second-order valence-corrected chi connectivity index (χ2v) is 25.5. The Morgan fingerprint density at radius 3 is 1.31 bits per heavy atom. The third kappa shape index (κ3) is 27.0. The summed E-state index contributed by atoms with van der Waals surface area (Å²) < 4.78 is 156. The molecular weight excluding hydrogens is 1300 g/mol. The number of carbonyl (C=O) groups is 3. The number of carbonyl (C=O) groups excluding carboxylic acids is 3. The maximum atomic E-state index is 13.4. The van der Waals surface area contributed by atoms with Crippen molar-refractivity contribution >= 4 is 55.1 Å². The normalized spacial score (nSPS) is 17.8. The van der Waals surface area contributed by atoms with E-state index in [1.54, 1.807) is 45.6 Å². The first-order valence-electron chi connectivity index (χ1n) is 32.3. The van der Waals surface area contributed by atoms with Crippen LogP contribution in [0.25, 0.3) is 0 Å². The molecule has 0 aromatic heterocycles. The van der Waals surface area contributed by atoms with E-state index >= 15 is 0 Å². The van der Waals surface area contributed by atoms with Crippen LogP contribution in [0.15, 0.2) is 70.1 Å². The van der Waals surface area contributed by atoms with Gasteiger partial charge in [0.05, 0.1) is 208 Å². The molecule has 0 aliphatic carbocycles. The summed E-state index contributed by atoms with van der Waals surface area (Å²) >= 11 is 0. The number of imide groups is 1. The molecule has 2 amide bonds. The van der Waals surface area contributed by atoms with Gasteiger partial charge in [-0.2, -0.15) is 21.4 Å². The molecule has 3 aliphatic rings. The van der Waals surface area contributed by atoms with E-state index in [1.165, 1.54) is 12.1 Å². The summed E-state index contributed by atoms with van der Waals surface area (Å²) in [6, 6.07) is 9.92. The quantitative estimate of drug-likeness (QED) is 0.0393. The molecule has 1 saturated heterocycles. The van der Waals surface area contributed by atoms with E-state index in [1.807, 2.05) is 25.2 Å². The van der Waals surface area contributed by atoms with Crippen molar-refractivity contribution in [1.82, 2.24) is 5.06 Å². The molecule has 1 fully saturated rings. The van der Waals surface area contributed by atoms with Crippen LogP contribution in [0, 0.1) is 0 Å². The van der Waals surface area contributed by atoms with E-state index < -0.39 is 48.8 Å². The monoisotopic (exact) mass is 1400 g/mol. The first-order chi connectivity index (χ1) is 46.5. The lowest BCUT2D eigenvalue weighted by Gasteiger charge is -2.30. The Morgan fingerprint density at radius 2 is 0.865 bits per heavy atom. The van der Waals surface area contributed by atoms with Gasteiger partial charge in [0, 0.05) is 88.4 Å². The second kappa shape index (κ2) is 45.8. The van der Waals surface area contributed by atoms with Crippen LogP contribution in [-0.2, 0) is 134 Å². The Hall–Kier alpha value is -4.82. The molecule has 2 aromatic carbocycles. The van der Waals surface area contributed by atoms with E-state index in [9.17, 15) is 31.2 Å². The number of methoxy groups -OCH3 is 3. The van der Waals surface area contributed by atoms with E-state index in [-0.39, 0.29) is 108 Å². The predicted octanol–water partition coefficient (Wildman–Crippen LogP) is 3.86. The summed E-state index contributed by atoms with van der Waals surface area (Å²) in [4.78, 5) is 42.4. The Balaban J connectivity index is 1.39. The zero-order valence-corrected chi connectivity index (χ0v) is 58.6. The Kier molecular flexibility index (Phi) is 39.0. The molecule has 0 saturated carbocycles. The molecule has 3 aliphatic heterocycles. The van der Waals surface area contributed by atoms with Crippen molar-refractivity contribution in [2.75, 3.05) is 245 Å². The first kappa shape index (κ1) is 81.9. The topological polar surface area (TPSA) is 304 Å². The molecule has 2 aromatic rings. The number of allylic oxidation sites excluding steroid dienone is 4. The molecule has 31 heteroatoms. The van der Waals surface area contributed by atoms with Crippen LogP contribution in [-0.4, -0.2) is 290 Å². The van der Waals surface area contributed by atoms with E-state index in [4.69, 9.17) is 89.0 Å². The average molecular weight is 1410 g/mol. The van der Waals surface area contributed by atoms with E-state index in [0.717, 1.165) is 48.1 Å². The van der Waals surface area contributed by atoms with Gasteiger partial charge >= 0.3 is 5.97 Å². The van der Waals surface area contributed by atoms with Crippen LogP contribution < -0.4 is 4.90 Å². The molecule has 2 atom stereocenters. The molecule has 0 spiro atoms.